The van der Waals surface area contributed by atoms with Crippen LogP contribution in [0.3, 0.4) is 0 Å². The topological polar surface area (TPSA) is 95.4 Å². The smallest absolute Gasteiger partial charge is 0.238 e. The van der Waals surface area contributed by atoms with E-state index < -0.39 is 10.0 Å². The van der Waals surface area contributed by atoms with Crippen LogP contribution in [-0.4, -0.2) is 13.4 Å². The standard InChI is InChI=1S/C22H17ClN2O4S/c23-17-8-10-18(11-9-17)28-14-20-25-21(22(29-20)16-4-2-1-3-5-16)15-6-12-19(13-7-15)30(24,26)27/h1-13H,14H2,(H2,24,26,27). The predicted molar refractivity (Wildman–Crippen MR) is 115 cm³/mol. The fourth-order valence-electron chi connectivity index (χ4n) is 2.89. The van der Waals surface area contributed by atoms with Crippen molar-refractivity contribution in [2.75, 3.05) is 0 Å². The van der Waals surface area contributed by atoms with Gasteiger partial charge in [-0.3, -0.25) is 0 Å². The van der Waals surface area contributed by atoms with Crippen molar-refractivity contribution in [1.29, 1.82) is 0 Å². The lowest BCUT2D eigenvalue weighted by atomic mass is 10.1. The van der Waals surface area contributed by atoms with E-state index in [1.54, 1.807) is 36.4 Å². The first kappa shape index (κ1) is 20.2. The molecule has 4 aromatic rings. The second-order valence-electron chi connectivity index (χ2n) is 6.46. The summed E-state index contributed by atoms with van der Waals surface area (Å²) in [6.45, 7) is 0.122. The van der Waals surface area contributed by atoms with E-state index in [2.05, 4.69) is 4.98 Å². The first-order valence-corrected chi connectivity index (χ1v) is 10.9. The Morgan fingerprint density at radius 1 is 0.900 bits per heavy atom. The van der Waals surface area contributed by atoms with Gasteiger partial charge in [0, 0.05) is 16.1 Å². The van der Waals surface area contributed by atoms with Crippen molar-refractivity contribution in [2.45, 2.75) is 11.5 Å². The highest BCUT2D eigenvalue weighted by Gasteiger charge is 2.18. The van der Waals surface area contributed by atoms with Gasteiger partial charge in [0.25, 0.3) is 0 Å². The van der Waals surface area contributed by atoms with Crippen LogP contribution in [0.1, 0.15) is 5.89 Å². The third-order valence-electron chi connectivity index (χ3n) is 4.34. The van der Waals surface area contributed by atoms with Crippen LogP contribution >= 0.6 is 11.6 Å². The first-order chi connectivity index (χ1) is 14.4. The first-order valence-electron chi connectivity index (χ1n) is 8.97. The van der Waals surface area contributed by atoms with Gasteiger partial charge in [0.2, 0.25) is 15.9 Å². The largest absolute Gasteiger partial charge is 0.484 e. The maximum atomic E-state index is 11.5. The molecule has 3 aromatic carbocycles. The zero-order valence-corrected chi connectivity index (χ0v) is 17.2. The van der Waals surface area contributed by atoms with E-state index in [1.165, 1.54) is 12.1 Å². The number of halogens is 1. The predicted octanol–water partition coefficient (Wildman–Crippen LogP) is 4.89. The monoisotopic (exact) mass is 440 g/mol. The fourth-order valence-corrected chi connectivity index (χ4v) is 3.53. The van der Waals surface area contributed by atoms with Crippen molar-refractivity contribution >= 4 is 21.6 Å². The molecule has 0 unspecified atom stereocenters. The number of aromatic nitrogens is 1. The molecular formula is C22H17ClN2O4S. The summed E-state index contributed by atoms with van der Waals surface area (Å²) in [6.07, 6.45) is 0. The van der Waals surface area contributed by atoms with Crippen molar-refractivity contribution < 1.29 is 17.6 Å². The summed E-state index contributed by atoms with van der Waals surface area (Å²) in [4.78, 5) is 4.61. The molecule has 0 saturated heterocycles. The summed E-state index contributed by atoms with van der Waals surface area (Å²) in [6, 6.07) is 22.7. The quantitative estimate of drug-likeness (QED) is 0.460. The van der Waals surface area contributed by atoms with Gasteiger partial charge in [-0.1, -0.05) is 54.1 Å². The van der Waals surface area contributed by atoms with E-state index >= 15 is 0 Å². The van der Waals surface area contributed by atoms with Gasteiger partial charge in [-0.25, -0.2) is 18.5 Å². The molecule has 0 spiro atoms. The van der Waals surface area contributed by atoms with Crippen LogP contribution in [0.15, 0.2) is 88.2 Å². The Kier molecular flexibility index (Phi) is 5.59. The van der Waals surface area contributed by atoms with Gasteiger partial charge in [0.05, 0.1) is 4.90 Å². The number of hydrogen-bond donors (Lipinski definition) is 1. The Balaban J connectivity index is 1.68. The van der Waals surface area contributed by atoms with E-state index in [4.69, 9.17) is 25.9 Å². The van der Waals surface area contributed by atoms with Crippen LogP contribution in [0.4, 0.5) is 0 Å². The van der Waals surface area contributed by atoms with E-state index in [9.17, 15) is 8.42 Å². The number of nitrogens with two attached hydrogens (primary N) is 1. The van der Waals surface area contributed by atoms with Crippen LogP contribution in [0.5, 0.6) is 5.75 Å². The third-order valence-corrected chi connectivity index (χ3v) is 5.52. The Labute approximate surface area is 178 Å². The van der Waals surface area contributed by atoms with Crippen LogP contribution < -0.4 is 9.88 Å². The van der Waals surface area contributed by atoms with E-state index in [0.717, 1.165) is 5.56 Å². The van der Waals surface area contributed by atoms with Crippen molar-refractivity contribution in [2.24, 2.45) is 5.14 Å². The molecule has 152 valence electrons. The molecule has 1 heterocycles. The minimum absolute atomic E-state index is 0.0299. The molecular weight excluding hydrogens is 424 g/mol. The molecule has 2 N–H and O–H groups in total. The van der Waals surface area contributed by atoms with Gasteiger partial charge in [-0.15, -0.1) is 0 Å². The lowest BCUT2D eigenvalue weighted by Crippen LogP contribution is -2.11. The molecule has 0 saturated carbocycles. The Morgan fingerprint density at radius 2 is 1.57 bits per heavy atom. The van der Waals surface area contributed by atoms with Gasteiger partial charge in [-0.05, 0) is 36.4 Å². The molecule has 0 bridgehead atoms. The van der Waals surface area contributed by atoms with E-state index in [1.807, 2.05) is 30.3 Å². The van der Waals surface area contributed by atoms with Gasteiger partial charge >= 0.3 is 0 Å². The number of hydrogen-bond acceptors (Lipinski definition) is 5. The normalized spacial score (nSPS) is 11.4. The lowest BCUT2D eigenvalue weighted by Gasteiger charge is -2.03. The number of primary sulfonamides is 1. The number of rotatable bonds is 6. The average molecular weight is 441 g/mol. The van der Waals surface area contributed by atoms with Crippen LogP contribution in [-0.2, 0) is 16.6 Å². The molecule has 0 radical (unpaired) electrons. The van der Waals surface area contributed by atoms with Crippen LogP contribution in [0.2, 0.25) is 5.02 Å². The van der Waals surface area contributed by atoms with Crippen molar-refractivity contribution in [3.8, 4) is 28.3 Å². The number of oxazole rings is 1. The second-order valence-corrected chi connectivity index (χ2v) is 8.46. The fraction of sp³-hybridized carbons (Fsp3) is 0.0455. The van der Waals surface area contributed by atoms with Gasteiger partial charge in [0.1, 0.15) is 11.4 Å². The van der Waals surface area contributed by atoms with Gasteiger partial charge < -0.3 is 9.15 Å². The van der Waals surface area contributed by atoms with Crippen molar-refractivity contribution in [3.63, 3.8) is 0 Å². The molecule has 6 nitrogen and oxygen atoms in total. The molecule has 0 aliphatic carbocycles. The SMILES string of the molecule is NS(=O)(=O)c1ccc(-c2nc(COc3ccc(Cl)cc3)oc2-c2ccccc2)cc1. The molecule has 0 atom stereocenters. The van der Waals surface area contributed by atoms with Gasteiger partial charge in [-0.2, -0.15) is 0 Å². The zero-order chi connectivity index (χ0) is 21.1. The summed E-state index contributed by atoms with van der Waals surface area (Å²) < 4.78 is 34.8. The molecule has 0 amide bonds. The maximum absolute atomic E-state index is 11.5. The van der Waals surface area contributed by atoms with Gasteiger partial charge in [0.15, 0.2) is 12.4 Å². The minimum atomic E-state index is -3.77. The lowest BCUT2D eigenvalue weighted by molar-refractivity contribution is 0.264. The molecule has 8 heteroatoms. The Bertz CT molecular complexity index is 1250. The van der Waals surface area contributed by atoms with Crippen molar-refractivity contribution in [3.05, 3.63) is 89.8 Å². The van der Waals surface area contributed by atoms with Crippen molar-refractivity contribution in [1.82, 2.24) is 4.98 Å². The van der Waals surface area contributed by atoms with Crippen LogP contribution in [0, 0.1) is 0 Å². The molecule has 0 aliphatic rings. The summed E-state index contributed by atoms with van der Waals surface area (Å²) in [7, 11) is -3.77. The molecule has 1 aromatic heterocycles. The average Bonchev–Trinajstić information content (AvgIpc) is 3.18. The second kappa shape index (κ2) is 8.31. The minimum Gasteiger partial charge on any atom is -0.484 e. The highest BCUT2D eigenvalue weighted by molar-refractivity contribution is 7.89. The summed E-state index contributed by atoms with van der Waals surface area (Å²) in [5.74, 6) is 1.58. The Hall–Kier alpha value is -3.13. The highest BCUT2D eigenvalue weighted by atomic mass is 35.5. The number of sulfonamides is 1. The molecule has 4 rings (SSSR count). The number of benzene rings is 3. The number of nitrogens with zero attached hydrogens (tertiary/aromatic N) is 1. The third kappa shape index (κ3) is 4.54. The molecule has 0 fully saturated rings. The molecule has 30 heavy (non-hydrogen) atoms. The number of ether oxygens (including phenoxy) is 1. The Morgan fingerprint density at radius 3 is 2.20 bits per heavy atom. The maximum Gasteiger partial charge on any atom is 0.238 e. The molecule has 0 aliphatic heterocycles. The highest BCUT2D eigenvalue weighted by Crippen LogP contribution is 2.33. The summed E-state index contributed by atoms with van der Waals surface area (Å²) in [5.41, 5.74) is 2.12. The zero-order valence-electron chi connectivity index (χ0n) is 15.7. The summed E-state index contributed by atoms with van der Waals surface area (Å²) >= 11 is 5.90. The van der Waals surface area contributed by atoms with E-state index in [0.29, 0.717) is 33.7 Å². The summed E-state index contributed by atoms with van der Waals surface area (Å²) in [5, 5.41) is 5.81. The van der Waals surface area contributed by atoms with Crippen LogP contribution in [0.25, 0.3) is 22.6 Å². The van der Waals surface area contributed by atoms with E-state index in [-0.39, 0.29) is 11.5 Å².